The van der Waals surface area contributed by atoms with Crippen LogP contribution in [0, 0.1) is 5.92 Å². The third kappa shape index (κ3) is 5.07. The zero-order valence-corrected chi connectivity index (χ0v) is 11.9. The zero-order valence-electron chi connectivity index (χ0n) is 11.9. The standard InChI is InChI=1S/C15H25NO2/c1-12(2)13(3)17-9-10-18-15-8-6-5-7-14(15)11-16-4/h5-8,12-13,16H,9-11H2,1-4H3. The minimum atomic E-state index is 0.279. The fourth-order valence-corrected chi connectivity index (χ4v) is 1.56. The Bertz CT molecular complexity index is 339. The van der Waals surface area contributed by atoms with Gasteiger partial charge < -0.3 is 14.8 Å². The molecular formula is C15H25NO2. The molecule has 0 heterocycles. The molecule has 3 nitrogen and oxygen atoms in total. The van der Waals surface area contributed by atoms with Gasteiger partial charge >= 0.3 is 0 Å². The van der Waals surface area contributed by atoms with E-state index < -0.39 is 0 Å². The highest BCUT2D eigenvalue weighted by Crippen LogP contribution is 2.17. The Kier molecular flexibility index (Phi) is 6.76. The SMILES string of the molecule is CNCc1ccccc1OCCOC(C)C(C)C. The van der Waals surface area contributed by atoms with E-state index in [-0.39, 0.29) is 6.10 Å². The highest BCUT2D eigenvalue weighted by atomic mass is 16.5. The van der Waals surface area contributed by atoms with Crippen LogP contribution in [0.15, 0.2) is 24.3 Å². The summed E-state index contributed by atoms with van der Waals surface area (Å²) in [5.74, 6) is 1.48. The lowest BCUT2D eigenvalue weighted by atomic mass is 10.1. The molecule has 102 valence electrons. The van der Waals surface area contributed by atoms with E-state index in [0.29, 0.717) is 19.1 Å². The predicted molar refractivity (Wildman–Crippen MR) is 75.0 cm³/mol. The van der Waals surface area contributed by atoms with Gasteiger partial charge in [0.15, 0.2) is 0 Å². The van der Waals surface area contributed by atoms with Crippen LogP contribution in [0.3, 0.4) is 0 Å². The van der Waals surface area contributed by atoms with Gasteiger partial charge in [0, 0.05) is 12.1 Å². The second-order valence-electron chi connectivity index (χ2n) is 4.81. The molecule has 0 radical (unpaired) electrons. The van der Waals surface area contributed by atoms with E-state index in [4.69, 9.17) is 9.47 Å². The lowest BCUT2D eigenvalue weighted by molar-refractivity contribution is 0.0187. The molecule has 1 atom stereocenters. The minimum Gasteiger partial charge on any atom is -0.491 e. The number of nitrogens with one attached hydrogen (secondary N) is 1. The molecule has 1 rings (SSSR count). The Morgan fingerprint density at radius 3 is 2.50 bits per heavy atom. The summed E-state index contributed by atoms with van der Waals surface area (Å²) in [5, 5.41) is 3.14. The molecule has 0 bridgehead atoms. The van der Waals surface area contributed by atoms with Crippen molar-refractivity contribution in [2.75, 3.05) is 20.3 Å². The molecule has 1 N–H and O–H groups in total. The third-order valence-corrected chi connectivity index (χ3v) is 3.00. The molecule has 0 saturated carbocycles. The Balaban J connectivity index is 2.35. The van der Waals surface area contributed by atoms with E-state index in [2.05, 4.69) is 32.2 Å². The summed E-state index contributed by atoms with van der Waals surface area (Å²) >= 11 is 0. The quantitative estimate of drug-likeness (QED) is 0.721. The van der Waals surface area contributed by atoms with Crippen molar-refractivity contribution in [1.82, 2.24) is 5.32 Å². The van der Waals surface area contributed by atoms with Crippen LogP contribution in [0.2, 0.25) is 0 Å². The van der Waals surface area contributed by atoms with E-state index in [1.54, 1.807) is 0 Å². The fourth-order valence-electron chi connectivity index (χ4n) is 1.56. The third-order valence-electron chi connectivity index (χ3n) is 3.00. The Morgan fingerprint density at radius 1 is 1.11 bits per heavy atom. The van der Waals surface area contributed by atoms with Gasteiger partial charge in [-0.2, -0.15) is 0 Å². The van der Waals surface area contributed by atoms with Crippen molar-refractivity contribution in [2.24, 2.45) is 5.92 Å². The number of ether oxygens (including phenoxy) is 2. The minimum absolute atomic E-state index is 0.279. The summed E-state index contributed by atoms with van der Waals surface area (Å²) in [4.78, 5) is 0. The first-order chi connectivity index (χ1) is 8.65. The maximum Gasteiger partial charge on any atom is 0.123 e. The number of para-hydroxylation sites is 1. The van der Waals surface area contributed by atoms with Gasteiger partial charge in [-0.1, -0.05) is 32.0 Å². The van der Waals surface area contributed by atoms with Crippen LogP contribution in [0.1, 0.15) is 26.3 Å². The molecule has 0 saturated heterocycles. The Labute approximate surface area is 110 Å². The second kappa shape index (κ2) is 8.11. The van der Waals surface area contributed by atoms with Crippen molar-refractivity contribution >= 4 is 0 Å². The molecule has 0 aliphatic rings. The first-order valence-corrected chi connectivity index (χ1v) is 6.62. The summed E-state index contributed by atoms with van der Waals surface area (Å²) < 4.78 is 11.4. The predicted octanol–water partition coefficient (Wildman–Crippen LogP) is 2.85. The summed E-state index contributed by atoms with van der Waals surface area (Å²) in [6, 6.07) is 8.09. The van der Waals surface area contributed by atoms with Crippen molar-refractivity contribution in [1.29, 1.82) is 0 Å². The number of hydrogen-bond acceptors (Lipinski definition) is 3. The van der Waals surface area contributed by atoms with Crippen LogP contribution in [0.4, 0.5) is 0 Å². The molecule has 1 aromatic rings. The zero-order chi connectivity index (χ0) is 13.4. The van der Waals surface area contributed by atoms with Crippen LogP contribution in [0.25, 0.3) is 0 Å². The molecule has 1 aromatic carbocycles. The number of hydrogen-bond donors (Lipinski definition) is 1. The lowest BCUT2D eigenvalue weighted by Crippen LogP contribution is -2.19. The summed E-state index contributed by atoms with van der Waals surface area (Å²) in [6.07, 6.45) is 0.279. The van der Waals surface area contributed by atoms with Crippen LogP contribution in [-0.2, 0) is 11.3 Å². The maximum atomic E-state index is 5.75. The second-order valence-corrected chi connectivity index (χ2v) is 4.81. The average Bonchev–Trinajstić information content (AvgIpc) is 2.36. The molecule has 18 heavy (non-hydrogen) atoms. The largest absolute Gasteiger partial charge is 0.491 e. The van der Waals surface area contributed by atoms with Gasteiger partial charge in [0.05, 0.1) is 12.7 Å². The van der Waals surface area contributed by atoms with E-state index in [1.165, 1.54) is 5.56 Å². The topological polar surface area (TPSA) is 30.5 Å². The van der Waals surface area contributed by atoms with E-state index in [0.717, 1.165) is 12.3 Å². The van der Waals surface area contributed by atoms with Crippen molar-refractivity contribution in [3.63, 3.8) is 0 Å². The van der Waals surface area contributed by atoms with Crippen LogP contribution >= 0.6 is 0 Å². The molecule has 0 aromatic heterocycles. The first-order valence-electron chi connectivity index (χ1n) is 6.62. The van der Waals surface area contributed by atoms with Crippen LogP contribution in [-0.4, -0.2) is 26.4 Å². The van der Waals surface area contributed by atoms with Gasteiger partial charge in [-0.3, -0.25) is 0 Å². The van der Waals surface area contributed by atoms with E-state index >= 15 is 0 Å². The number of benzene rings is 1. The number of rotatable bonds is 8. The van der Waals surface area contributed by atoms with Gasteiger partial charge in [0.2, 0.25) is 0 Å². The molecule has 0 aliphatic heterocycles. The van der Waals surface area contributed by atoms with Crippen LogP contribution in [0.5, 0.6) is 5.75 Å². The van der Waals surface area contributed by atoms with Crippen molar-refractivity contribution < 1.29 is 9.47 Å². The monoisotopic (exact) mass is 251 g/mol. The highest BCUT2D eigenvalue weighted by Gasteiger charge is 2.07. The van der Waals surface area contributed by atoms with Crippen molar-refractivity contribution in [3.05, 3.63) is 29.8 Å². The lowest BCUT2D eigenvalue weighted by Gasteiger charge is -2.17. The highest BCUT2D eigenvalue weighted by molar-refractivity contribution is 5.33. The van der Waals surface area contributed by atoms with Gasteiger partial charge in [-0.15, -0.1) is 0 Å². The molecule has 3 heteroatoms. The first kappa shape index (κ1) is 15.0. The van der Waals surface area contributed by atoms with E-state index in [1.807, 2.05) is 25.2 Å². The van der Waals surface area contributed by atoms with Gasteiger partial charge in [-0.25, -0.2) is 0 Å². The molecule has 0 spiro atoms. The average molecular weight is 251 g/mol. The summed E-state index contributed by atoms with van der Waals surface area (Å²) in [6.45, 7) is 8.46. The molecule has 0 amide bonds. The normalized spacial score (nSPS) is 12.7. The van der Waals surface area contributed by atoms with Gasteiger partial charge in [0.1, 0.15) is 12.4 Å². The smallest absolute Gasteiger partial charge is 0.123 e. The van der Waals surface area contributed by atoms with E-state index in [9.17, 15) is 0 Å². The molecule has 1 unspecified atom stereocenters. The Morgan fingerprint density at radius 2 is 1.83 bits per heavy atom. The maximum absolute atomic E-state index is 5.75. The molecular weight excluding hydrogens is 226 g/mol. The molecule has 0 fully saturated rings. The van der Waals surface area contributed by atoms with Crippen molar-refractivity contribution in [2.45, 2.75) is 33.4 Å². The fraction of sp³-hybridized carbons (Fsp3) is 0.600. The van der Waals surface area contributed by atoms with Crippen molar-refractivity contribution in [3.8, 4) is 5.75 Å². The van der Waals surface area contributed by atoms with Gasteiger partial charge in [-0.05, 0) is 26.0 Å². The van der Waals surface area contributed by atoms with Crippen LogP contribution < -0.4 is 10.1 Å². The summed E-state index contributed by atoms with van der Waals surface area (Å²) in [7, 11) is 1.93. The van der Waals surface area contributed by atoms with Gasteiger partial charge in [0.25, 0.3) is 0 Å². The Hall–Kier alpha value is -1.06. The molecule has 0 aliphatic carbocycles. The summed E-state index contributed by atoms with van der Waals surface area (Å²) in [5.41, 5.74) is 1.18.